The number of rotatable bonds is 4. The number of hydrogen-bond donors (Lipinski definition) is 1. The largest absolute Gasteiger partial charge is 0.422 e. The Balaban J connectivity index is 1.75. The second-order valence-corrected chi connectivity index (χ2v) is 6.08. The van der Waals surface area contributed by atoms with Crippen LogP contribution >= 0.6 is 11.6 Å². The van der Waals surface area contributed by atoms with Crippen molar-refractivity contribution in [1.29, 1.82) is 0 Å². The van der Waals surface area contributed by atoms with Crippen molar-refractivity contribution < 1.29 is 14.0 Å². The van der Waals surface area contributed by atoms with E-state index in [9.17, 15) is 14.4 Å². The molecule has 0 unspecified atom stereocenters. The third-order valence-electron chi connectivity index (χ3n) is 3.75. The number of anilines is 1. The lowest BCUT2D eigenvalue weighted by Crippen LogP contribution is -2.37. The molecule has 0 saturated carbocycles. The van der Waals surface area contributed by atoms with Gasteiger partial charge in [-0.05, 0) is 24.3 Å². The lowest BCUT2D eigenvalue weighted by Gasteiger charge is -2.16. The SMILES string of the molecule is CN(CC(=O)Nc1ccccc1Cl)C(=O)c1cc2ccccc2oc1=O. The summed E-state index contributed by atoms with van der Waals surface area (Å²) >= 11 is 5.99. The van der Waals surface area contributed by atoms with Gasteiger partial charge in [0.2, 0.25) is 5.91 Å². The zero-order valence-electron chi connectivity index (χ0n) is 13.9. The standard InChI is InChI=1S/C19H15ClN2O4/c1-22(11-17(23)21-15-8-4-3-7-14(15)20)18(24)13-10-12-6-2-5-9-16(12)26-19(13)25/h2-10H,11H2,1H3,(H,21,23). The van der Waals surface area contributed by atoms with E-state index in [0.29, 0.717) is 21.7 Å². The van der Waals surface area contributed by atoms with Gasteiger partial charge in [0.1, 0.15) is 11.1 Å². The second kappa shape index (κ2) is 7.41. The molecule has 0 aliphatic carbocycles. The van der Waals surface area contributed by atoms with Crippen molar-refractivity contribution in [2.75, 3.05) is 18.9 Å². The lowest BCUT2D eigenvalue weighted by atomic mass is 10.1. The van der Waals surface area contributed by atoms with Crippen LogP contribution in [-0.4, -0.2) is 30.3 Å². The van der Waals surface area contributed by atoms with Crippen molar-refractivity contribution in [2.45, 2.75) is 0 Å². The van der Waals surface area contributed by atoms with E-state index < -0.39 is 17.4 Å². The molecule has 0 bridgehead atoms. The molecule has 1 N–H and O–H groups in total. The summed E-state index contributed by atoms with van der Waals surface area (Å²) in [5.74, 6) is -1.03. The maximum Gasteiger partial charge on any atom is 0.349 e. The quantitative estimate of drug-likeness (QED) is 0.715. The molecule has 0 fully saturated rings. The van der Waals surface area contributed by atoms with E-state index in [1.54, 1.807) is 48.5 Å². The maximum absolute atomic E-state index is 12.5. The highest BCUT2D eigenvalue weighted by Crippen LogP contribution is 2.20. The minimum atomic E-state index is -0.743. The molecular weight excluding hydrogens is 356 g/mol. The predicted molar refractivity (Wildman–Crippen MR) is 99.5 cm³/mol. The Hall–Kier alpha value is -3.12. The highest BCUT2D eigenvalue weighted by atomic mass is 35.5. The van der Waals surface area contributed by atoms with Crippen LogP contribution in [0.1, 0.15) is 10.4 Å². The Bertz CT molecular complexity index is 1040. The van der Waals surface area contributed by atoms with Crippen LogP contribution in [0.2, 0.25) is 5.02 Å². The fourth-order valence-corrected chi connectivity index (χ4v) is 2.64. The van der Waals surface area contributed by atoms with E-state index in [1.165, 1.54) is 13.1 Å². The molecule has 1 heterocycles. The third-order valence-corrected chi connectivity index (χ3v) is 4.08. The van der Waals surface area contributed by atoms with E-state index in [4.69, 9.17) is 16.0 Å². The van der Waals surface area contributed by atoms with Gasteiger partial charge in [0.15, 0.2) is 0 Å². The Morgan fingerprint density at radius 2 is 1.81 bits per heavy atom. The Kier molecular flexibility index (Phi) is 5.04. The Morgan fingerprint density at radius 3 is 2.58 bits per heavy atom. The highest BCUT2D eigenvalue weighted by Gasteiger charge is 2.20. The summed E-state index contributed by atoms with van der Waals surface area (Å²) in [6.07, 6.45) is 0. The zero-order valence-corrected chi connectivity index (χ0v) is 14.6. The lowest BCUT2D eigenvalue weighted by molar-refractivity contribution is -0.116. The van der Waals surface area contributed by atoms with Gasteiger partial charge in [-0.25, -0.2) is 4.79 Å². The van der Waals surface area contributed by atoms with Crippen LogP contribution in [0.5, 0.6) is 0 Å². The number of amides is 2. The number of hydrogen-bond acceptors (Lipinski definition) is 4. The molecule has 0 aliphatic rings. The Morgan fingerprint density at radius 1 is 1.12 bits per heavy atom. The van der Waals surface area contributed by atoms with Crippen molar-refractivity contribution >= 4 is 40.1 Å². The molecule has 0 saturated heterocycles. The average molecular weight is 371 g/mol. The number of likely N-dealkylation sites (N-methyl/N-ethyl adjacent to an activating group) is 1. The van der Waals surface area contributed by atoms with Crippen molar-refractivity contribution in [3.8, 4) is 0 Å². The van der Waals surface area contributed by atoms with Gasteiger partial charge in [-0.15, -0.1) is 0 Å². The normalized spacial score (nSPS) is 10.5. The number of fused-ring (bicyclic) bond motifs is 1. The van der Waals surface area contributed by atoms with Crippen LogP contribution in [0.4, 0.5) is 5.69 Å². The fraction of sp³-hybridized carbons (Fsp3) is 0.105. The molecule has 6 nitrogen and oxygen atoms in total. The number of carbonyl (C=O) groups excluding carboxylic acids is 2. The number of halogens is 1. The van der Waals surface area contributed by atoms with Crippen LogP contribution in [0.15, 0.2) is 63.8 Å². The van der Waals surface area contributed by atoms with E-state index in [-0.39, 0.29) is 12.1 Å². The maximum atomic E-state index is 12.5. The van der Waals surface area contributed by atoms with E-state index >= 15 is 0 Å². The molecule has 3 aromatic rings. The monoisotopic (exact) mass is 370 g/mol. The van der Waals surface area contributed by atoms with Gasteiger partial charge in [-0.2, -0.15) is 0 Å². The third kappa shape index (κ3) is 3.75. The summed E-state index contributed by atoms with van der Waals surface area (Å²) in [6, 6.07) is 15.1. The van der Waals surface area contributed by atoms with Gasteiger partial charge < -0.3 is 14.6 Å². The summed E-state index contributed by atoms with van der Waals surface area (Å²) in [5.41, 5.74) is -0.0257. The molecule has 7 heteroatoms. The van der Waals surface area contributed by atoms with Crippen molar-refractivity contribution in [3.05, 3.63) is 75.6 Å². The summed E-state index contributed by atoms with van der Waals surface area (Å²) < 4.78 is 5.16. The van der Waals surface area contributed by atoms with Crippen molar-refractivity contribution in [2.24, 2.45) is 0 Å². The van der Waals surface area contributed by atoms with Gasteiger partial charge in [-0.1, -0.05) is 41.9 Å². The van der Waals surface area contributed by atoms with Gasteiger partial charge >= 0.3 is 5.63 Å². The highest BCUT2D eigenvalue weighted by molar-refractivity contribution is 6.33. The summed E-state index contributed by atoms with van der Waals surface area (Å²) in [6.45, 7) is -0.240. The molecule has 3 rings (SSSR count). The smallest absolute Gasteiger partial charge is 0.349 e. The van der Waals surface area contributed by atoms with E-state index in [2.05, 4.69) is 5.32 Å². The predicted octanol–water partition coefficient (Wildman–Crippen LogP) is 3.16. The van der Waals surface area contributed by atoms with Crippen LogP contribution < -0.4 is 10.9 Å². The zero-order chi connectivity index (χ0) is 18.7. The molecule has 0 atom stereocenters. The summed E-state index contributed by atoms with van der Waals surface area (Å²) in [4.78, 5) is 37.9. The van der Waals surface area contributed by atoms with Crippen molar-refractivity contribution in [1.82, 2.24) is 4.90 Å². The second-order valence-electron chi connectivity index (χ2n) is 5.67. The minimum absolute atomic E-state index is 0.128. The molecule has 26 heavy (non-hydrogen) atoms. The number of nitrogens with zero attached hydrogens (tertiary/aromatic N) is 1. The number of para-hydroxylation sites is 2. The van der Waals surface area contributed by atoms with Crippen LogP contribution in [0.3, 0.4) is 0 Å². The first-order valence-corrected chi connectivity index (χ1v) is 8.16. The number of benzene rings is 2. The molecule has 132 valence electrons. The van der Waals surface area contributed by atoms with E-state index in [1.807, 2.05) is 0 Å². The van der Waals surface area contributed by atoms with E-state index in [0.717, 1.165) is 4.90 Å². The van der Waals surface area contributed by atoms with Gasteiger partial charge in [0.05, 0.1) is 17.3 Å². The molecule has 0 spiro atoms. The fourth-order valence-electron chi connectivity index (χ4n) is 2.46. The van der Waals surface area contributed by atoms with Crippen LogP contribution in [0.25, 0.3) is 11.0 Å². The first kappa shape index (κ1) is 17.7. The van der Waals surface area contributed by atoms with Crippen LogP contribution in [0, 0.1) is 0 Å². The summed E-state index contributed by atoms with van der Waals surface area (Å²) in [7, 11) is 1.43. The molecule has 2 amide bonds. The molecular formula is C19H15ClN2O4. The first-order valence-electron chi connectivity index (χ1n) is 7.78. The minimum Gasteiger partial charge on any atom is -0.422 e. The molecule has 2 aromatic carbocycles. The number of nitrogens with one attached hydrogen (secondary N) is 1. The van der Waals surface area contributed by atoms with Gasteiger partial charge in [0.25, 0.3) is 5.91 Å². The van der Waals surface area contributed by atoms with Crippen LogP contribution in [-0.2, 0) is 4.79 Å². The average Bonchev–Trinajstić information content (AvgIpc) is 2.62. The summed E-state index contributed by atoms with van der Waals surface area (Å²) in [5, 5.41) is 3.65. The van der Waals surface area contributed by atoms with Crippen molar-refractivity contribution in [3.63, 3.8) is 0 Å². The molecule has 1 aromatic heterocycles. The first-order chi connectivity index (χ1) is 12.5. The topological polar surface area (TPSA) is 79.6 Å². The molecule has 0 radical (unpaired) electrons. The number of carbonyl (C=O) groups is 2. The van der Waals surface area contributed by atoms with Gasteiger partial charge in [-0.3, -0.25) is 9.59 Å². The molecule has 0 aliphatic heterocycles. The van der Waals surface area contributed by atoms with Gasteiger partial charge in [0, 0.05) is 12.4 Å². The Labute approximate surface area is 154 Å².